The van der Waals surface area contributed by atoms with Gasteiger partial charge in [-0.25, -0.2) is 0 Å². The molecule has 0 aromatic heterocycles. The summed E-state index contributed by atoms with van der Waals surface area (Å²) in [5, 5.41) is 6.45. The fourth-order valence-electron chi connectivity index (χ4n) is 2.38. The van der Waals surface area contributed by atoms with Crippen molar-refractivity contribution < 1.29 is 9.53 Å². The molecule has 0 heterocycles. The highest BCUT2D eigenvalue weighted by atomic mass is 16.5. The van der Waals surface area contributed by atoms with E-state index in [2.05, 4.69) is 17.6 Å². The van der Waals surface area contributed by atoms with Gasteiger partial charge >= 0.3 is 0 Å². The highest BCUT2D eigenvalue weighted by molar-refractivity contribution is 5.76. The topological polar surface area (TPSA) is 50.4 Å². The Bertz CT molecular complexity index is 246. The molecule has 106 valence electrons. The van der Waals surface area contributed by atoms with Gasteiger partial charge in [-0.2, -0.15) is 0 Å². The zero-order valence-electron chi connectivity index (χ0n) is 12.0. The molecule has 2 N–H and O–H groups in total. The molecule has 18 heavy (non-hydrogen) atoms. The summed E-state index contributed by atoms with van der Waals surface area (Å²) in [7, 11) is 1.78. The Morgan fingerprint density at radius 1 is 1.44 bits per heavy atom. The van der Waals surface area contributed by atoms with Gasteiger partial charge < -0.3 is 15.4 Å². The minimum absolute atomic E-state index is 0.149. The number of hydrogen-bond acceptors (Lipinski definition) is 3. The summed E-state index contributed by atoms with van der Waals surface area (Å²) in [6, 6.07) is 0.796. The average molecular weight is 256 g/mol. The number of carbonyl (C=O) groups is 1. The molecule has 4 heteroatoms. The minimum atomic E-state index is 0.149. The van der Waals surface area contributed by atoms with Crippen LogP contribution in [-0.2, 0) is 9.53 Å². The maximum absolute atomic E-state index is 11.6. The van der Waals surface area contributed by atoms with Crippen molar-refractivity contribution in [1.29, 1.82) is 0 Å². The quantitative estimate of drug-likeness (QED) is 0.731. The van der Waals surface area contributed by atoms with Gasteiger partial charge in [-0.15, -0.1) is 0 Å². The molecule has 0 aromatic rings. The van der Waals surface area contributed by atoms with E-state index < -0.39 is 0 Å². The molecule has 0 radical (unpaired) electrons. The van der Waals surface area contributed by atoms with Crippen molar-refractivity contribution in [2.45, 2.75) is 70.6 Å². The van der Waals surface area contributed by atoms with E-state index in [0.717, 1.165) is 19.4 Å². The van der Waals surface area contributed by atoms with Crippen molar-refractivity contribution in [2.24, 2.45) is 0 Å². The zero-order valence-corrected chi connectivity index (χ0v) is 12.0. The Morgan fingerprint density at radius 3 is 2.89 bits per heavy atom. The first kappa shape index (κ1) is 15.4. The van der Waals surface area contributed by atoms with Gasteiger partial charge in [0.2, 0.25) is 5.91 Å². The average Bonchev–Trinajstić information content (AvgIpc) is 2.38. The van der Waals surface area contributed by atoms with Crippen molar-refractivity contribution >= 4 is 5.91 Å². The third-order valence-electron chi connectivity index (χ3n) is 3.76. The van der Waals surface area contributed by atoms with Crippen LogP contribution in [0, 0.1) is 0 Å². The lowest BCUT2D eigenvalue weighted by atomic mass is 9.93. The summed E-state index contributed by atoms with van der Waals surface area (Å²) < 4.78 is 5.40. The van der Waals surface area contributed by atoms with E-state index in [0.29, 0.717) is 18.6 Å². The van der Waals surface area contributed by atoms with Crippen molar-refractivity contribution in [3.05, 3.63) is 0 Å². The van der Waals surface area contributed by atoms with Crippen LogP contribution in [0.2, 0.25) is 0 Å². The van der Waals surface area contributed by atoms with E-state index in [1.54, 1.807) is 7.11 Å². The van der Waals surface area contributed by atoms with Gasteiger partial charge in [0.25, 0.3) is 0 Å². The molecule has 1 aliphatic carbocycles. The molecule has 0 aromatic carbocycles. The molecule has 0 aliphatic heterocycles. The predicted octanol–water partition coefficient (Wildman–Crippen LogP) is 1.84. The highest BCUT2D eigenvalue weighted by Gasteiger charge is 2.21. The molecular weight excluding hydrogens is 228 g/mol. The van der Waals surface area contributed by atoms with Crippen LogP contribution in [0.25, 0.3) is 0 Å². The van der Waals surface area contributed by atoms with Crippen molar-refractivity contribution in [3.8, 4) is 0 Å². The minimum Gasteiger partial charge on any atom is -0.381 e. The summed E-state index contributed by atoms with van der Waals surface area (Å²) >= 11 is 0. The first-order valence-corrected chi connectivity index (χ1v) is 7.21. The second-order valence-electron chi connectivity index (χ2n) is 5.30. The number of carbonyl (C=O) groups excluding carboxylic acids is 1. The highest BCUT2D eigenvalue weighted by Crippen LogP contribution is 2.20. The van der Waals surface area contributed by atoms with Crippen LogP contribution in [-0.4, -0.2) is 37.7 Å². The maximum Gasteiger partial charge on any atom is 0.221 e. The van der Waals surface area contributed by atoms with Gasteiger partial charge in [0.1, 0.15) is 0 Å². The van der Waals surface area contributed by atoms with Crippen molar-refractivity contribution in [1.82, 2.24) is 10.6 Å². The summed E-state index contributed by atoms with van der Waals surface area (Å²) in [6.45, 7) is 4.88. The Labute approximate surface area is 111 Å². The van der Waals surface area contributed by atoms with E-state index in [-0.39, 0.29) is 11.9 Å². The molecule has 1 aliphatic rings. The van der Waals surface area contributed by atoms with E-state index in [1.165, 1.54) is 19.3 Å². The van der Waals surface area contributed by atoms with Crippen LogP contribution in [0.3, 0.4) is 0 Å². The molecule has 1 fully saturated rings. The molecule has 0 bridgehead atoms. The van der Waals surface area contributed by atoms with Crippen molar-refractivity contribution in [3.63, 3.8) is 0 Å². The Hall–Kier alpha value is -0.610. The molecule has 4 nitrogen and oxygen atoms in total. The fourth-order valence-corrected chi connectivity index (χ4v) is 2.38. The Morgan fingerprint density at radius 2 is 2.22 bits per heavy atom. The second-order valence-corrected chi connectivity index (χ2v) is 5.30. The summed E-state index contributed by atoms with van der Waals surface area (Å²) in [4.78, 5) is 11.6. The van der Waals surface area contributed by atoms with Gasteiger partial charge in [-0.3, -0.25) is 4.79 Å². The number of methoxy groups -OCH3 is 1. The molecule has 1 saturated carbocycles. The second kappa shape index (κ2) is 8.48. The molecule has 1 amide bonds. The monoisotopic (exact) mass is 256 g/mol. The van der Waals surface area contributed by atoms with Crippen LogP contribution < -0.4 is 10.6 Å². The lowest BCUT2D eigenvalue weighted by Gasteiger charge is -2.28. The smallest absolute Gasteiger partial charge is 0.221 e. The molecular formula is C14H28N2O2. The van der Waals surface area contributed by atoms with Crippen LogP contribution in [0.1, 0.15) is 52.4 Å². The number of rotatable bonds is 7. The van der Waals surface area contributed by atoms with Gasteiger partial charge in [-0.1, -0.05) is 6.92 Å². The fraction of sp³-hybridized carbons (Fsp3) is 0.929. The van der Waals surface area contributed by atoms with Gasteiger partial charge in [0, 0.05) is 32.2 Å². The summed E-state index contributed by atoms with van der Waals surface area (Å²) in [6.07, 6.45) is 6.61. The molecule has 1 rings (SSSR count). The third kappa shape index (κ3) is 5.83. The number of nitrogens with one attached hydrogen (secondary N) is 2. The number of ether oxygens (including phenoxy) is 1. The number of hydrogen-bond donors (Lipinski definition) is 2. The first-order valence-electron chi connectivity index (χ1n) is 7.21. The molecule has 3 unspecified atom stereocenters. The van der Waals surface area contributed by atoms with Crippen LogP contribution >= 0.6 is 0 Å². The molecule has 0 spiro atoms. The third-order valence-corrected chi connectivity index (χ3v) is 3.76. The zero-order chi connectivity index (χ0) is 13.4. The van der Waals surface area contributed by atoms with E-state index in [4.69, 9.17) is 4.74 Å². The van der Waals surface area contributed by atoms with Crippen LogP contribution in [0.15, 0.2) is 0 Å². The van der Waals surface area contributed by atoms with Crippen LogP contribution in [0.4, 0.5) is 0 Å². The van der Waals surface area contributed by atoms with Gasteiger partial charge in [-0.05, 0) is 39.0 Å². The van der Waals surface area contributed by atoms with Gasteiger partial charge in [0.05, 0.1) is 6.10 Å². The Balaban J connectivity index is 2.11. The number of amides is 1. The molecule has 3 atom stereocenters. The largest absolute Gasteiger partial charge is 0.381 e. The molecule has 0 saturated heterocycles. The van der Waals surface area contributed by atoms with E-state index in [9.17, 15) is 4.79 Å². The van der Waals surface area contributed by atoms with Crippen molar-refractivity contribution in [2.75, 3.05) is 13.7 Å². The first-order chi connectivity index (χ1) is 8.65. The Kier molecular flexibility index (Phi) is 7.28. The lowest BCUT2D eigenvalue weighted by Crippen LogP contribution is -2.39. The predicted molar refractivity (Wildman–Crippen MR) is 73.6 cm³/mol. The lowest BCUT2D eigenvalue weighted by molar-refractivity contribution is -0.121. The SMILES string of the molecule is CCC(C)NC(=O)CCNC1CCCC(OC)C1. The van der Waals surface area contributed by atoms with Crippen LogP contribution in [0.5, 0.6) is 0 Å². The summed E-state index contributed by atoms with van der Waals surface area (Å²) in [5.74, 6) is 0.149. The van der Waals surface area contributed by atoms with Gasteiger partial charge in [0.15, 0.2) is 0 Å². The summed E-state index contributed by atoms with van der Waals surface area (Å²) in [5.41, 5.74) is 0. The van der Waals surface area contributed by atoms with E-state index >= 15 is 0 Å². The van der Waals surface area contributed by atoms with E-state index in [1.807, 2.05) is 6.92 Å². The standard InChI is InChI=1S/C14H28N2O2/c1-4-11(2)16-14(17)8-9-15-12-6-5-7-13(10-12)18-3/h11-13,15H,4-10H2,1-3H3,(H,16,17). The maximum atomic E-state index is 11.6. The normalized spacial score (nSPS) is 25.7.